The molecule has 0 fully saturated rings. The molecule has 0 aliphatic rings. The molecule has 0 aliphatic carbocycles. The molecular formula is C21H29N3O2. The van der Waals surface area contributed by atoms with Crippen LogP contribution in [0.3, 0.4) is 0 Å². The first-order valence-corrected chi connectivity index (χ1v) is 8.94. The Morgan fingerprint density at radius 1 is 1.04 bits per heavy atom. The highest BCUT2D eigenvalue weighted by Crippen LogP contribution is 2.23. The van der Waals surface area contributed by atoms with Gasteiger partial charge in [-0.05, 0) is 50.5 Å². The second-order valence-corrected chi connectivity index (χ2v) is 7.29. The van der Waals surface area contributed by atoms with Gasteiger partial charge < -0.3 is 14.8 Å². The van der Waals surface area contributed by atoms with Crippen LogP contribution in [0.4, 0.5) is 0 Å². The zero-order valence-corrected chi connectivity index (χ0v) is 16.8. The molecule has 140 valence electrons. The van der Waals surface area contributed by atoms with Crippen molar-refractivity contribution in [2.24, 2.45) is 0 Å². The fraction of sp³-hybridized carbons (Fsp3) is 0.429. The Kier molecular flexibility index (Phi) is 5.90. The van der Waals surface area contributed by atoms with Crippen LogP contribution in [0.2, 0.25) is 0 Å². The number of nitrogens with zero attached hydrogens (tertiary/aromatic N) is 2. The van der Waals surface area contributed by atoms with Crippen molar-refractivity contribution < 1.29 is 9.59 Å². The molecule has 0 unspecified atom stereocenters. The van der Waals surface area contributed by atoms with Gasteiger partial charge in [-0.25, -0.2) is 0 Å². The molecule has 0 bridgehead atoms. The van der Waals surface area contributed by atoms with Crippen molar-refractivity contribution >= 4 is 11.8 Å². The first-order chi connectivity index (χ1) is 12.1. The lowest BCUT2D eigenvalue weighted by Crippen LogP contribution is -2.44. The Morgan fingerprint density at radius 2 is 1.62 bits per heavy atom. The highest BCUT2D eigenvalue weighted by atomic mass is 16.2. The molecule has 2 aromatic rings. The summed E-state index contributed by atoms with van der Waals surface area (Å²) in [5, 5.41) is 2.79. The maximum Gasteiger partial charge on any atom is 0.253 e. The fourth-order valence-corrected chi connectivity index (χ4v) is 3.12. The van der Waals surface area contributed by atoms with Gasteiger partial charge in [0.05, 0.1) is 5.56 Å². The summed E-state index contributed by atoms with van der Waals surface area (Å²) in [6.07, 6.45) is 0. The standard InChI is InChI=1S/C21H29N3O2/c1-13(2)17-8-10-18(11-9-17)24-14(3)12-19(16(24)5)20(25)22-15(4)21(26)23(6)7/h8-13,15H,1-7H3,(H,22,25)/t15-/m1/s1. The summed E-state index contributed by atoms with van der Waals surface area (Å²) in [6.45, 7) is 9.94. The normalized spacial score (nSPS) is 12.2. The molecule has 0 saturated carbocycles. The summed E-state index contributed by atoms with van der Waals surface area (Å²) in [6, 6.07) is 9.71. The smallest absolute Gasteiger partial charge is 0.253 e. The molecule has 0 saturated heterocycles. The Balaban J connectivity index is 2.29. The molecule has 1 aromatic carbocycles. The van der Waals surface area contributed by atoms with Crippen LogP contribution in [0.25, 0.3) is 5.69 Å². The largest absolute Gasteiger partial charge is 0.347 e. The van der Waals surface area contributed by atoms with Crippen LogP contribution in [0.15, 0.2) is 30.3 Å². The zero-order valence-electron chi connectivity index (χ0n) is 16.8. The van der Waals surface area contributed by atoms with Gasteiger partial charge in [0.25, 0.3) is 5.91 Å². The number of nitrogens with one attached hydrogen (secondary N) is 1. The number of aromatic nitrogens is 1. The third-order valence-electron chi connectivity index (χ3n) is 4.65. The van der Waals surface area contributed by atoms with E-state index in [-0.39, 0.29) is 11.8 Å². The maximum absolute atomic E-state index is 12.6. The van der Waals surface area contributed by atoms with Crippen molar-refractivity contribution in [1.82, 2.24) is 14.8 Å². The highest BCUT2D eigenvalue weighted by Gasteiger charge is 2.21. The molecule has 1 aromatic heterocycles. The average Bonchev–Trinajstić information content (AvgIpc) is 2.88. The van der Waals surface area contributed by atoms with Gasteiger partial charge in [0.15, 0.2) is 0 Å². The predicted octanol–water partition coefficient (Wildman–Crippen LogP) is 3.42. The van der Waals surface area contributed by atoms with Gasteiger partial charge in [-0.3, -0.25) is 9.59 Å². The van der Waals surface area contributed by atoms with Crippen molar-refractivity contribution in [3.63, 3.8) is 0 Å². The van der Waals surface area contributed by atoms with Gasteiger partial charge in [-0.2, -0.15) is 0 Å². The molecule has 5 heteroatoms. The molecule has 0 spiro atoms. The second-order valence-electron chi connectivity index (χ2n) is 7.29. The van der Waals surface area contributed by atoms with Gasteiger partial charge >= 0.3 is 0 Å². The topological polar surface area (TPSA) is 54.3 Å². The lowest BCUT2D eigenvalue weighted by molar-refractivity contribution is -0.130. The minimum Gasteiger partial charge on any atom is -0.347 e. The van der Waals surface area contributed by atoms with E-state index in [1.54, 1.807) is 21.0 Å². The van der Waals surface area contributed by atoms with Crippen molar-refractivity contribution in [1.29, 1.82) is 0 Å². The molecule has 2 rings (SSSR count). The van der Waals surface area contributed by atoms with Crippen LogP contribution < -0.4 is 5.32 Å². The van der Waals surface area contributed by atoms with E-state index in [1.807, 2.05) is 19.9 Å². The summed E-state index contributed by atoms with van der Waals surface area (Å²) >= 11 is 0. The number of likely N-dealkylation sites (N-methyl/N-ethyl adjacent to an activating group) is 1. The van der Waals surface area contributed by atoms with Crippen LogP contribution in [0.5, 0.6) is 0 Å². The van der Waals surface area contributed by atoms with Gasteiger partial charge in [0.1, 0.15) is 6.04 Å². The second kappa shape index (κ2) is 7.77. The Labute approximate surface area is 156 Å². The van der Waals surface area contributed by atoms with Crippen molar-refractivity contribution in [3.8, 4) is 5.69 Å². The first-order valence-electron chi connectivity index (χ1n) is 8.94. The summed E-state index contributed by atoms with van der Waals surface area (Å²) in [5.41, 5.74) is 4.75. The van der Waals surface area contributed by atoms with Crippen LogP contribution >= 0.6 is 0 Å². The molecule has 26 heavy (non-hydrogen) atoms. The lowest BCUT2D eigenvalue weighted by Gasteiger charge is -2.18. The molecule has 0 aliphatic heterocycles. The Hall–Kier alpha value is -2.56. The molecule has 5 nitrogen and oxygen atoms in total. The number of amides is 2. The number of hydrogen-bond acceptors (Lipinski definition) is 2. The predicted molar refractivity (Wildman–Crippen MR) is 105 cm³/mol. The molecule has 2 amide bonds. The minimum atomic E-state index is -0.564. The van der Waals surface area contributed by atoms with E-state index in [0.29, 0.717) is 11.5 Å². The van der Waals surface area contributed by atoms with Gasteiger partial charge in [-0.15, -0.1) is 0 Å². The van der Waals surface area contributed by atoms with Gasteiger partial charge in [0, 0.05) is 31.2 Å². The van der Waals surface area contributed by atoms with E-state index in [0.717, 1.165) is 17.1 Å². The molecule has 1 atom stereocenters. The summed E-state index contributed by atoms with van der Waals surface area (Å²) < 4.78 is 2.07. The van der Waals surface area contributed by atoms with E-state index < -0.39 is 6.04 Å². The Bertz CT molecular complexity index is 801. The van der Waals surface area contributed by atoms with Crippen LogP contribution in [0.1, 0.15) is 54.0 Å². The summed E-state index contributed by atoms with van der Waals surface area (Å²) in [7, 11) is 3.36. The third kappa shape index (κ3) is 3.98. The minimum absolute atomic E-state index is 0.128. The number of benzene rings is 1. The number of aryl methyl sites for hydroxylation is 1. The summed E-state index contributed by atoms with van der Waals surface area (Å²) in [5.74, 6) is 0.121. The van der Waals surface area contributed by atoms with Gasteiger partial charge in [0.2, 0.25) is 5.91 Å². The van der Waals surface area contributed by atoms with Crippen molar-refractivity contribution in [3.05, 3.63) is 52.8 Å². The van der Waals surface area contributed by atoms with Crippen LogP contribution in [-0.4, -0.2) is 41.4 Å². The molecule has 0 radical (unpaired) electrons. The number of carbonyl (C=O) groups excluding carboxylic acids is 2. The number of hydrogen-bond donors (Lipinski definition) is 1. The van der Waals surface area contributed by atoms with Crippen molar-refractivity contribution in [2.45, 2.75) is 46.6 Å². The van der Waals surface area contributed by atoms with Crippen molar-refractivity contribution in [2.75, 3.05) is 14.1 Å². The van der Waals surface area contributed by atoms with Gasteiger partial charge in [-0.1, -0.05) is 26.0 Å². The van der Waals surface area contributed by atoms with E-state index in [2.05, 4.69) is 48.0 Å². The number of carbonyl (C=O) groups is 2. The highest BCUT2D eigenvalue weighted by molar-refractivity contribution is 5.98. The quantitative estimate of drug-likeness (QED) is 0.893. The lowest BCUT2D eigenvalue weighted by atomic mass is 10.0. The fourth-order valence-electron chi connectivity index (χ4n) is 3.12. The van der Waals surface area contributed by atoms with Crippen LogP contribution in [0, 0.1) is 13.8 Å². The zero-order chi connectivity index (χ0) is 19.6. The first kappa shape index (κ1) is 19.8. The van der Waals surface area contributed by atoms with E-state index >= 15 is 0 Å². The maximum atomic E-state index is 12.6. The van der Waals surface area contributed by atoms with Crippen LogP contribution in [-0.2, 0) is 4.79 Å². The third-order valence-corrected chi connectivity index (χ3v) is 4.65. The van der Waals surface area contributed by atoms with E-state index in [9.17, 15) is 9.59 Å². The number of rotatable bonds is 5. The average molecular weight is 355 g/mol. The summed E-state index contributed by atoms with van der Waals surface area (Å²) in [4.78, 5) is 26.1. The molecule has 1 heterocycles. The monoisotopic (exact) mass is 355 g/mol. The molecular weight excluding hydrogens is 326 g/mol. The van der Waals surface area contributed by atoms with E-state index in [4.69, 9.17) is 0 Å². The molecule has 1 N–H and O–H groups in total. The Morgan fingerprint density at radius 3 is 2.12 bits per heavy atom. The SMILES string of the molecule is Cc1cc(C(=O)N[C@H](C)C(=O)N(C)C)c(C)n1-c1ccc(C(C)C)cc1. The van der Waals surface area contributed by atoms with E-state index in [1.165, 1.54) is 10.5 Å².